The van der Waals surface area contributed by atoms with Crippen LogP contribution in [0.5, 0.6) is 0 Å². The molecule has 1 rings (SSSR count). The van der Waals surface area contributed by atoms with Gasteiger partial charge in [-0.25, -0.2) is 4.79 Å². The van der Waals surface area contributed by atoms with E-state index in [2.05, 4.69) is 19.2 Å². The van der Waals surface area contributed by atoms with Crippen LogP contribution in [0.1, 0.15) is 48.7 Å². The molecule has 0 aliphatic rings. The molecule has 140 valence electrons. The molecule has 0 fully saturated rings. The maximum Gasteiger partial charge on any atom is 0.335 e. The predicted molar refractivity (Wildman–Crippen MR) is 96.9 cm³/mol. The van der Waals surface area contributed by atoms with Gasteiger partial charge in [0.2, 0.25) is 11.7 Å². The minimum absolute atomic E-state index is 0.0792. The number of carbonyl (C=O) groups is 3. The van der Waals surface area contributed by atoms with Crippen LogP contribution in [0, 0.1) is 5.92 Å². The summed E-state index contributed by atoms with van der Waals surface area (Å²) in [5, 5.41) is 2.71. The van der Waals surface area contributed by atoms with Crippen LogP contribution in [0.2, 0.25) is 0 Å². The first-order chi connectivity index (χ1) is 11.8. The van der Waals surface area contributed by atoms with Crippen molar-refractivity contribution in [2.45, 2.75) is 46.6 Å². The fraction of sp³-hybridized carbons (Fsp3) is 0.611. The Kier molecular flexibility index (Phi) is 9.37. The van der Waals surface area contributed by atoms with Crippen molar-refractivity contribution in [2.75, 3.05) is 19.8 Å². The zero-order valence-electron chi connectivity index (χ0n) is 15.3. The van der Waals surface area contributed by atoms with Gasteiger partial charge in [0.25, 0.3) is 0 Å². The fourth-order valence-corrected chi connectivity index (χ4v) is 2.83. The third-order valence-electron chi connectivity index (χ3n) is 3.42. The third-order valence-corrected chi connectivity index (χ3v) is 4.61. The quantitative estimate of drug-likeness (QED) is 0.479. The van der Waals surface area contributed by atoms with Crippen LogP contribution in [0.25, 0.3) is 0 Å². The number of hydrogen-bond donors (Lipinski definition) is 1. The van der Waals surface area contributed by atoms with E-state index in [9.17, 15) is 14.4 Å². The molecular formula is C18H27NO5S. The second-order valence-corrected chi connectivity index (χ2v) is 7.39. The number of nitrogens with one attached hydrogen (secondary N) is 1. The zero-order valence-corrected chi connectivity index (χ0v) is 16.1. The largest absolute Gasteiger partial charge is 0.455 e. The molecule has 0 aromatic carbocycles. The first kappa shape index (κ1) is 21.3. The third kappa shape index (κ3) is 8.79. The van der Waals surface area contributed by atoms with E-state index in [1.165, 1.54) is 18.3 Å². The Labute approximate surface area is 152 Å². The molecule has 1 aromatic heterocycles. The van der Waals surface area contributed by atoms with E-state index in [0.29, 0.717) is 30.4 Å². The normalized spacial score (nSPS) is 12.0. The number of rotatable bonds is 11. The van der Waals surface area contributed by atoms with Crippen molar-refractivity contribution in [3.05, 3.63) is 21.9 Å². The van der Waals surface area contributed by atoms with Gasteiger partial charge in [-0.3, -0.25) is 9.59 Å². The summed E-state index contributed by atoms with van der Waals surface area (Å²) < 4.78 is 10.4. The summed E-state index contributed by atoms with van der Waals surface area (Å²) >= 11 is 1.35. The number of esters is 1. The molecule has 1 atom stereocenters. The number of amides is 1. The molecule has 1 N–H and O–H groups in total. The van der Waals surface area contributed by atoms with Gasteiger partial charge < -0.3 is 14.8 Å². The van der Waals surface area contributed by atoms with Gasteiger partial charge in [-0.15, -0.1) is 11.3 Å². The molecule has 0 spiro atoms. The highest BCUT2D eigenvalue weighted by Gasteiger charge is 2.18. The monoisotopic (exact) mass is 369 g/mol. The van der Waals surface area contributed by atoms with E-state index in [0.717, 1.165) is 11.3 Å². The Morgan fingerprint density at radius 3 is 2.56 bits per heavy atom. The van der Waals surface area contributed by atoms with Crippen molar-refractivity contribution in [1.82, 2.24) is 5.32 Å². The van der Waals surface area contributed by atoms with Gasteiger partial charge in [0.05, 0.1) is 4.88 Å². The number of ketones is 1. The number of Topliss-reactive ketones (excluding diaryl/α,β-unsaturated/α-hetero) is 1. The van der Waals surface area contributed by atoms with Crippen molar-refractivity contribution in [2.24, 2.45) is 5.92 Å². The SMILES string of the molecule is CC(=O)NCCc1ccc(C(=O)COC(=O)C(C)OCCC(C)C)s1. The molecule has 1 aromatic rings. The van der Waals surface area contributed by atoms with Gasteiger partial charge >= 0.3 is 5.97 Å². The maximum atomic E-state index is 12.1. The van der Waals surface area contributed by atoms with Crippen LogP contribution in [-0.4, -0.2) is 43.5 Å². The molecule has 0 bridgehead atoms. The number of carbonyl (C=O) groups excluding carboxylic acids is 3. The fourth-order valence-electron chi connectivity index (χ4n) is 1.90. The van der Waals surface area contributed by atoms with Crippen molar-refractivity contribution in [3.63, 3.8) is 0 Å². The van der Waals surface area contributed by atoms with E-state index < -0.39 is 12.1 Å². The Hall–Kier alpha value is -1.73. The highest BCUT2D eigenvalue weighted by molar-refractivity contribution is 7.14. The molecule has 0 saturated carbocycles. The van der Waals surface area contributed by atoms with Crippen molar-refractivity contribution in [3.8, 4) is 0 Å². The number of thiophene rings is 1. The van der Waals surface area contributed by atoms with Gasteiger partial charge in [0.1, 0.15) is 0 Å². The standard InChI is InChI=1S/C18H27NO5S/c1-12(2)8-10-23-13(3)18(22)24-11-16(21)17-6-5-15(25-17)7-9-19-14(4)20/h5-6,12-13H,7-11H2,1-4H3,(H,19,20). The van der Waals surface area contributed by atoms with Gasteiger partial charge in [0.15, 0.2) is 12.7 Å². The molecule has 25 heavy (non-hydrogen) atoms. The van der Waals surface area contributed by atoms with Crippen LogP contribution in [-0.2, 0) is 25.5 Å². The molecule has 0 aliphatic carbocycles. The highest BCUT2D eigenvalue weighted by Crippen LogP contribution is 2.17. The average molecular weight is 369 g/mol. The van der Waals surface area contributed by atoms with Gasteiger partial charge in [-0.05, 0) is 37.8 Å². The first-order valence-electron chi connectivity index (χ1n) is 8.44. The maximum absolute atomic E-state index is 12.1. The van der Waals surface area contributed by atoms with Crippen LogP contribution >= 0.6 is 11.3 Å². The lowest BCUT2D eigenvalue weighted by Gasteiger charge is -2.13. The number of ether oxygens (including phenoxy) is 2. The van der Waals surface area contributed by atoms with Crippen LogP contribution in [0.15, 0.2) is 12.1 Å². The molecule has 1 amide bonds. The Morgan fingerprint density at radius 2 is 1.92 bits per heavy atom. The van der Waals surface area contributed by atoms with Gasteiger partial charge in [-0.1, -0.05) is 13.8 Å². The Morgan fingerprint density at radius 1 is 1.20 bits per heavy atom. The summed E-state index contributed by atoms with van der Waals surface area (Å²) in [7, 11) is 0. The summed E-state index contributed by atoms with van der Waals surface area (Å²) in [6.45, 7) is 7.98. The Balaban J connectivity index is 2.34. The highest BCUT2D eigenvalue weighted by atomic mass is 32.1. The molecule has 0 radical (unpaired) electrons. The van der Waals surface area contributed by atoms with E-state index in [1.54, 1.807) is 13.0 Å². The summed E-state index contributed by atoms with van der Waals surface area (Å²) in [6.07, 6.45) is 0.855. The van der Waals surface area contributed by atoms with Crippen LogP contribution in [0.4, 0.5) is 0 Å². The molecule has 7 heteroatoms. The molecule has 0 aliphatic heterocycles. The number of hydrogen-bond acceptors (Lipinski definition) is 6. The van der Waals surface area contributed by atoms with Crippen molar-refractivity contribution < 1.29 is 23.9 Å². The van der Waals surface area contributed by atoms with E-state index in [4.69, 9.17) is 9.47 Å². The molecule has 1 unspecified atom stereocenters. The minimum atomic E-state index is -0.678. The predicted octanol–water partition coefficient (Wildman–Crippen LogP) is 2.60. The summed E-state index contributed by atoms with van der Waals surface area (Å²) in [4.78, 5) is 36.3. The van der Waals surface area contributed by atoms with Crippen molar-refractivity contribution in [1.29, 1.82) is 0 Å². The zero-order chi connectivity index (χ0) is 18.8. The summed E-state index contributed by atoms with van der Waals surface area (Å²) in [5.41, 5.74) is 0. The summed E-state index contributed by atoms with van der Waals surface area (Å²) in [5.74, 6) is -0.342. The lowest BCUT2D eigenvalue weighted by atomic mass is 10.1. The summed E-state index contributed by atoms with van der Waals surface area (Å²) in [6, 6.07) is 3.56. The second kappa shape index (κ2) is 11.0. The molecular weight excluding hydrogens is 342 g/mol. The smallest absolute Gasteiger partial charge is 0.335 e. The minimum Gasteiger partial charge on any atom is -0.455 e. The Bertz CT molecular complexity index is 582. The van der Waals surface area contributed by atoms with Crippen LogP contribution in [0.3, 0.4) is 0 Å². The van der Waals surface area contributed by atoms with Crippen LogP contribution < -0.4 is 5.32 Å². The van der Waals surface area contributed by atoms with E-state index >= 15 is 0 Å². The van der Waals surface area contributed by atoms with Crippen molar-refractivity contribution >= 4 is 29.0 Å². The van der Waals surface area contributed by atoms with E-state index in [1.807, 2.05) is 6.07 Å². The van der Waals surface area contributed by atoms with E-state index in [-0.39, 0.29) is 18.3 Å². The average Bonchev–Trinajstić information content (AvgIpc) is 3.00. The topological polar surface area (TPSA) is 81.7 Å². The van der Waals surface area contributed by atoms with Gasteiger partial charge in [-0.2, -0.15) is 0 Å². The van der Waals surface area contributed by atoms with Gasteiger partial charge in [0, 0.05) is 25.0 Å². The molecule has 1 heterocycles. The lowest BCUT2D eigenvalue weighted by Crippen LogP contribution is -2.26. The second-order valence-electron chi connectivity index (χ2n) is 6.23. The molecule has 6 nitrogen and oxygen atoms in total. The molecule has 0 saturated heterocycles. The lowest BCUT2D eigenvalue weighted by molar-refractivity contribution is -0.155. The first-order valence-corrected chi connectivity index (χ1v) is 9.25.